The van der Waals surface area contributed by atoms with Gasteiger partial charge in [-0.1, -0.05) is 13.8 Å². The minimum Gasteiger partial charge on any atom is -0.343 e. The van der Waals surface area contributed by atoms with E-state index in [1.807, 2.05) is 4.90 Å². The second-order valence-electron chi connectivity index (χ2n) is 6.06. The molecule has 1 amide bonds. The molecule has 0 aromatic rings. The van der Waals surface area contributed by atoms with Crippen molar-refractivity contribution in [1.29, 1.82) is 0 Å². The number of hydrogen-bond acceptors (Lipinski definition) is 3. The molecule has 0 aliphatic carbocycles. The molecule has 1 N–H and O–H groups in total. The molecule has 2 heterocycles. The van der Waals surface area contributed by atoms with Crippen molar-refractivity contribution >= 4 is 5.91 Å². The molecule has 0 unspecified atom stereocenters. The predicted octanol–water partition coefficient (Wildman–Crippen LogP) is 1.32. The average molecular weight is 267 g/mol. The second kappa shape index (κ2) is 7.25. The Morgan fingerprint density at radius 3 is 2.84 bits per heavy atom. The molecule has 0 saturated carbocycles. The van der Waals surface area contributed by atoms with E-state index in [1.165, 1.54) is 26.1 Å². The molecule has 19 heavy (non-hydrogen) atoms. The summed E-state index contributed by atoms with van der Waals surface area (Å²) >= 11 is 0. The lowest BCUT2D eigenvalue weighted by molar-refractivity contribution is -0.127. The van der Waals surface area contributed by atoms with Gasteiger partial charge in [-0.05, 0) is 44.8 Å². The lowest BCUT2D eigenvalue weighted by atomic mass is 9.94. The average Bonchev–Trinajstić information content (AvgIpc) is 2.81. The summed E-state index contributed by atoms with van der Waals surface area (Å²) in [7, 11) is 0. The quantitative estimate of drug-likeness (QED) is 0.737. The molecule has 0 aromatic heterocycles. The van der Waals surface area contributed by atoms with Gasteiger partial charge in [-0.3, -0.25) is 4.79 Å². The van der Waals surface area contributed by atoms with Crippen LogP contribution in [0.2, 0.25) is 0 Å². The van der Waals surface area contributed by atoms with Crippen LogP contribution < -0.4 is 5.32 Å². The minimum absolute atomic E-state index is 0.352. The highest BCUT2D eigenvalue weighted by Crippen LogP contribution is 2.16. The molecule has 2 aliphatic rings. The standard InChI is InChI=1S/C15H29N3O/c1-3-17-11-7-14(13(2)12-17)16-8-5-10-18-9-4-6-15(18)19/h13-14,16H,3-12H2,1-2H3/t13-,14+/m1/s1. The van der Waals surface area contributed by atoms with Gasteiger partial charge in [-0.25, -0.2) is 0 Å². The molecule has 0 spiro atoms. The first-order valence-corrected chi connectivity index (χ1v) is 7.94. The fourth-order valence-electron chi connectivity index (χ4n) is 3.32. The summed E-state index contributed by atoms with van der Waals surface area (Å²) in [5.41, 5.74) is 0. The number of likely N-dealkylation sites (tertiary alicyclic amines) is 2. The Morgan fingerprint density at radius 2 is 2.21 bits per heavy atom. The third-order valence-electron chi connectivity index (χ3n) is 4.62. The van der Waals surface area contributed by atoms with E-state index in [9.17, 15) is 4.79 Å². The van der Waals surface area contributed by atoms with Crippen molar-refractivity contribution in [2.75, 3.05) is 39.3 Å². The van der Waals surface area contributed by atoms with Crippen molar-refractivity contribution in [3.8, 4) is 0 Å². The van der Waals surface area contributed by atoms with Gasteiger partial charge in [0.15, 0.2) is 0 Å². The van der Waals surface area contributed by atoms with Crippen molar-refractivity contribution in [2.24, 2.45) is 5.92 Å². The maximum atomic E-state index is 11.5. The summed E-state index contributed by atoms with van der Waals surface area (Å²) in [4.78, 5) is 16.0. The first kappa shape index (κ1) is 14.8. The monoisotopic (exact) mass is 267 g/mol. The van der Waals surface area contributed by atoms with E-state index in [4.69, 9.17) is 0 Å². The van der Waals surface area contributed by atoms with Gasteiger partial charge < -0.3 is 15.1 Å². The molecule has 110 valence electrons. The Bertz CT molecular complexity index is 295. The SMILES string of the molecule is CCN1CC[C@H](NCCCN2CCCC2=O)[C@H](C)C1. The van der Waals surface area contributed by atoms with Gasteiger partial charge >= 0.3 is 0 Å². The molecule has 0 bridgehead atoms. The summed E-state index contributed by atoms with van der Waals surface area (Å²) in [6, 6.07) is 0.664. The van der Waals surface area contributed by atoms with Crippen LogP contribution in [0.15, 0.2) is 0 Å². The van der Waals surface area contributed by atoms with E-state index in [1.54, 1.807) is 0 Å². The number of nitrogens with zero attached hydrogens (tertiary/aromatic N) is 2. The topological polar surface area (TPSA) is 35.6 Å². The normalized spacial score (nSPS) is 29.2. The fraction of sp³-hybridized carbons (Fsp3) is 0.933. The van der Waals surface area contributed by atoms with Crippen molar-refractivity contribution in [3.05, 3.63) is 0 Å². The van der Waals surface area contributed by atoms with Crippen molar-refractivity contribution < 1.29 is 4.79 Å². The molecule has 2 aliphatic heterocycles. The van der Waals surface area contributed by atoms with Crippen LogP contribution in [0.5, 0.6) is 0 Å². The Hall–Kier alpha value is -0.610. The highest BCUT2D eigenvalue weighted by molar-refractivity contribution is 5.77. The van der Waals surface area contributed by atoms with E-state index in [-0.39, 0.29) is 0 Å². The number of hydrogen-bond donors (Lipinski definition) is 1. The van der Waals surface area contributed by atoms with Gasteiger partial charge in [0, 0.05) is 32.1 Å². The lowest BCUT2D eigenvalue weighted by Crippen LogP contribution is -2.48. The second-order valence-corrected chi connectivity index (χ2v) is 6.06. The first-order valence-electron chi connectivity index (χ1n) is 7.94. The Labute approximate surface area is 117 Å². The van der Waals surface area contributed by atoms with Crippen molar-refractivity contribution in [3.63, 3.8) is 0 Å². The van der Waals surface area contributed by atoms with Crippen LogP contribution in [0.1, 0.15) is 39.5 Å². The molecule has 2 fully saturated rings. The van der Waals surface area contributed by atoms with Crippen LogP contribution in [-0.2, 0) is 4.79 Å². The van der Waals surface area contributed by atoms with Crippen molar-refractivity contribution in [2.45, 2.75) is 45.6 Å². The number of carbonyl (C=O) groups excluding carboxylic acids is 1. The summed E-state index contributed by atoms with van der Waals surface area (Å²) in [5.74, 6) is 1.09. The Balaban J connectivity index is 1.59. The Morgan fingerprint density at radius 1 is 1.37 bits per heavy atom. The van der Waals surface area contributed by atoms with Crippen LogP contribution >= 0.6 is 0 Å². The maximum Gasteiger partial charge on any atom is 0.222 e. The van der Waals surface area contributed by atoms with Gasteiger partial charge in [-0.15, -0.1) is 0 Å². The number of piperidine rings is 1. The highest BCUT2D eigenvalue weighted by Gasteiger charge is 2.24. The number of nitrogens with one attached hydrogen (secondary N) is 1. The molecule has 2 atom stereocenters. The van der Waals surface area contributed by atoms with Crippen LogP contribution in [0.25, 0.3) is 0 Å². The zero-order valence-electron chi connectivity index (χ0n) is 12.5. The molecular formula is C15H29N3O. The first-order chi connectivity index (χ1) is 9.20. The van der Waals surface area contributed by atoms with E-state index < -0.39 is 0 Å². The zero-order valence-corrected chi connectivity index (χ0v) is 12.5. The molecule has 4 heteroatoms. The summed E-state index contributed by atoms with van der Waals surface area (Å²) in [6.07, 6.45) is 4.17. The number of carbonyl (C=O) groups is 1. The molecular weight excluding hydrogens is 238 g/mol. The van der Waals surface area contributed by atoms with Crippen molar-refractivity contribution in [1.82, 2.24) is 15.1 Å². The molecule has 0 aromatic carbocycles. The number of rotatable bonds is 6. The van der Waals surface area contributed by atoms with Crippen LogP contribution in [0.4, 0.5) is 0 Å². The Kier molecular flexibility index (Phi) is 5.64. The lowest BCUT2D eigenvalue weighted by Gasteiger charge is -2.37. The van der Waals surface area contributed by atoms with Gasteiger partial charge in [0.2, 0.25) is 5.91 Å². The molecule has 2 saturated heterocycles. The third-order valence-corrected chi connectivity index (χ3v) is 4.62. The van der Waals surface area contributed by atoms with E-state index >= 15 is 0 Å². The third kappa shape index (κ3) is 4.18. The van der Waals surface area contributed by atoms with E-state index in [0.29, 0.717) is 11.9 Å². The molecule has 4 nitrogen and oxygen atoms in total. The molecule has 0 radical (unpaired) electrons. The summed E-state index contributed by atoms with van der Waals surface area (Å²) < 4.78 is 0. The summed E-state index contributed by atoms with van der Waals surface area (Å²) in [6.45, 7) is 11.2. The van der Waals surface area contributed by atoms with Crippen LogP contribution in [0, 0.1) is 5.92 Å². The number of amides is 1. The van der Waals surface area contributed by atoms with E-state index in [2.05, 4.69) is 24.1 Å². The maximum absolute atomic E-state index is 11.5. The minimum atomic E-state index is 0.352. The largest absolute Gasteiger partial charge is 0.343 e. The van der Waals surface area contributed by atoms with Crippen LogP contribution in [-0.4, -0.2) is 61.0 Å². The van der Waals surface area contributed by atoms with Crippen LogP contribution in [0.3, 0.4) is 0 Å². The molecule has 2 rings (SSSR count). The zero-order chi connectivity index (χ0) is 13.7. The smallest absolute Gasteiger partial charge is 0.222 e. The predicted molar refractivity (Wildman–Crippen MR) is 78.1 cm³/mol. The van der Waals surface area contributed by atoms with E-state index in [0.717, 1.165) is 44.8 Å². The summed E-state index contributed by atoms with van der Waals surface area (Å²) in [5, 5.41) is 3.69. The van der Waals surface area contributed by atoms with Gasteiger partial charge in [0.25, 0.3) is 0 Å². The van der Waals surface area contributed by atoms with Gasteiger partial charge in [-0.2, -0.15) is 0 Å². The highest BCUT2D eigenvalue weighted by atomic mass is 16.2. The van der Waals surface area contributed by atoms with Gasteiger partial charge in [0.05, 0.1) is 0 Å². The van der Waals surface area contributed by atoms with Gasteiger partial charge in [0.1, 0.15) is 0 Å². The fourth-order valence-corrected chi connectivity index (χ4v) is 3.32.